The number of fused-ring (bicyclic) bond motifs is 1. The van der Waals surface area contributed by atoms with Crippen molar-refractivity contribution in [2.45, 2.75) is 18.9 Å². The minimum absolute atomic E-state index is 0.0466. The van der Waals surface area contributed by atoms with Crippen molar-refractivity contribution in [1.82, 2.24) is 0 Å². The van der Waals surface area contributed by atoms with Gasteiger partial charge in [-0.2, -0.15) is 0 Å². The highest BCUT2D eigenvalue weighted by Gasteiger charge is 2.23. The van der Waals surface area contributed by atoms with Gasteiger partial charge in [0.1, 0.15) is 0 Å². The zero-order valence-electron chi connectivity index (χ0n) is 9.05. The summed E-state index contributed by atoms with van der Waals surface area (Å²) in [5.41, 5.74) is 6.29. The zero-order chi connectivity index (χ0) is 12.4. The first-order valence-electron chi connectivity index (χ1n) is 5.18. The van der Waals surface area contributed by atoms with Gasteiger partial charge in [-0.3, -0.25) is 4.79 Å². The van der Waals surface area contributed by atoms with Gasteiger partial charge >= 0.3 is 5.97 Å². The van der Waals surface area contributed by atoms with E-state index in [1.165, 1.54) is 0 Å². The molecule has 1 aliphatic heterocycles. The van der Waals surface area contributed by atoms with Crippen LogP contribution in [0.15, 0.2) is 12.1 Å². The fourth-order valence-electron chi connectivity index (χ4n) is 1.71. The summed E-state index contributed by atoms with van der Waals surface area (Å²) in [6, 6.07) is 2.73. The van der Waals surface area contributed by atoms with Crippen LogP contribution in [0.3, 0.4) is 0 Å². The van der Waals surface area contributed by atoms with Crippen LogP contribution in [0, 0.1) is 0 Å². The lowest BCUT2D eigenvalue weighted by Crippen LogP contribution is -2.12. The lowest BCUT2D eigenvalue weighted by atomic mass is 10.0. The average Bonchev–Trinajstić information content (AvgIpc) is 2.75. The highest BCUT2D eigenvalue weighted by molar-refractivity contribution is 5.66. The molecular weight excluding hydrogens is 226 g/mol. The normalized spacial score (nSPS) is 14.6. The first-order chi connectivity index (χ1) is 8.09. The SMILES string of the molecule is NC(CCC(=O)O)c1ccc2c(c1O)OCO2. The van der Waals surface area contributed by atoms with Crippen molar-refractivity contribution < 1.29 is 24.5 Å². The van der Waals surface area contributed by atoms with E-state index in [2.05, 4.69) is 0 Å². The van der Waals surface area contributed by atoms with Crippen LogP contribution in [0.25, 0.3) is 0 Å². The van der Waals surface area contributed by atoms with Gasteiger partial charge in [-0.25, -0.2) is 0 Å². The molecule has 1 aromatic rings. The number of aromatic hydroxyl groups is 1. The van der Waals surface area contributed by atoms with Crippen LogP contribution < -0.4 is 15.2 Å². The molecule has 1 aliphatic rings. The third kappa shape index (κ3) is 2.26. The Morgan fingerprint density at radius 1 is 1.47 bits per heavy atom. The fourth-order valence-corrected chi connectivity index (χ4v) is 1.71. The third-order valence-electron chi connectivity index (χ3n) is 2.61. The van der Waals surface area contributed by atoms with E-state index >= 15 is 0 Å². The molecule has 0 aliphatic carbocycles. The van der Waals surface area contributed by atoms with Crippen molar-refractivity contribution in [2.24, 2.45) is 5.73 Å². The summed E-state index contributed by atoms with van der Waals surface area (Å²) in [6.07, 6.45) is 0.206. The molecule has 17 heavy (non-hydrogen) atoms. The molecule has 0 radical (unpaired) electrons. The Bertz CT molecular complexity index is 446. The van der Waals surface area contributed by atoms with Gasteiger partial charge in [0.2, 0.25) is 12.5 Å². The van der Waals surface area contributed by atoms with Gasteiger partial charge in [0.15, 0.2) is 11.5 Å². The van der Waals surface area contributed by atoms with Crippen molar-refractivity contribution in [3.63, 3.8) is 0 Å². The Balaban J connectivity index is 2.18. The summed E-state index contributed by atoms with van der Waals surface area (Å²) < 4.78 is 10.2. The van der Waals surface area contributed by atoms with Crippen LogP contribution in [0.1, 0.15) is 24.4 Å². The third-order valence-corrected chi connectivity index (χ3v) is 2.61. The first-order valence-corrected chi connectivity index (χ1v) is 5.18. The number of phenolic OH excluding ortho intramolecular Hbond substituents is 1. The van der Waals surface area contributed by atoms with Gasteiger partial charge in [0.05, 0.1) is 0 Å². The van der Waals surface area contributed by atoms with Crippen molar-refractivity contribution in [3.8, 4) is 17.2 Å². The number of carbonyl (C=O) groups is 1. The fraction of sp³-hybridized carbons (Fsp3) is 0.364. The molecule has 2 rings (SSSR count). The molecule has 0 saturated carbocycles. The Labute approximate surface area is 97.6 Å². The molecule has 0 fully saturated rings. The second-order valence-electron chi connectivity index (χ2n) is 3.78. The van der Waals surface area contributed by atoms with Gasteiger partial charge < -0.3 is 25.4 Å². The molecule has 0 amide bonds. The van der Waals surface area contributed by atoms with E-state index in [9.17, 15) is 9.90 Å². The van der Waals surface area contributed by atoms with Crippen molar-refractivity contribution >= 4 is 5.97 Å². The Kier molecular flexibility index (Phi) is 3.06. The molecule has 1 atom stereocenters. The number of hydrogen-bond donors (Lipinski definition) is 3. The predicted octanol–water partition coefficient (Wildman–Crippen LogP) is 0.985. The standard InChI is InChI=1S/C11H13NO5/c12-7(2-4-9(13)14)6-1-3-8-11(10(6)15)17-5-16-8/h1,3,7,15H,2,4-5,12H2,(H,13,14). The number of rotatable bonds is 4. The first kappa shape index (κ1) is 11.5. The van der Waals surface area contributed by atoms with Crippen molar-refractivity contribution in [2.75, 3.05) is 6.79 Å². The second-order valence-corrected chi connectivity index (χ2v) is 3.78. The van der Waals surface area contributed by atoms with E-state index in [1.807, 2.05) is 0 Å². The number of phenols is 1. The molecule has 1 aromatic carbocycles. The smallest absolute Gasteiger partial charge is 0.303 e. The molecule has 6 heteroatoms. The minimum Gasteiger partial charge on any atom is -0.504 e. The molecular formula is C11H13NO5. The topological polar surface area (TPSA) is 102 Å². The minimum atomic E-state index is -0.916. The van der Waals surface area contributed by atoms with Crippen LogP contribution in [-0.2, 0) is 4.79 Å². The maximum atomic E-state index is 10.4. The van der Waals surface area contributed by atoms with Gasteiger partial charge in [-0.05, 0) is 18.6 Å². The van der Waals surface area contributed by atoms with E-state index in [4.69, 9.17) is 20.3 Å². The highest BCUT2D eigenvalue weighted by atomic mass is 16.7. The summed E-state index contributed by atoms with van der Waals surface area (Å²) in [6.45, 7) is 0.0662. The van der Waals surface area contributed by atoms with Gasteiger partial charge in [0, 0.05) is 18.0 Å². The van der Waals surface area contributed by atoms with Crippen molar-refractivity contribution in [1.29, 1.82) is 0 Å². The Hall–Kier alpha value is -1.95. The molecule has 0 spiro atoms. The number of benzene rings is 1. The van der Waals surface area contributed by atoms with E-state index in [0.29, 0.717) is 11.3 Å². The molecule has 92 valence electrons. The van der Waals surface area contributed by atoms with Gasteiger partial charge in [-0.15, -0.1) is 0 Å². The number of aliphatic carboxylic acids is 1. The van der Waals surface area contributed by atoms with Crippen LogP contribution in [0.4, 0.5) is 0 Å². The van der Waals surface area contributed by atoms with Crippen LogP contribution >= 0.6 is 0 Å². The molecule has 0 saturated heterocycles. The maximum Gasteiger partial charge on any atom is 0.303 e. The monoisotopic (exact) mass is 239 g/mol. The van der Waals surface area contributed by atoms with E-state index in [1.54, 1.807) is 12.1 Å². The average molecular weight is 239 g/mol. The molecule has 1 unspecified atom stereocenters. The Morgan fingerprint density at radius 3 is 2.94 bits per heavy atom. The number of hydrogen-bond acceptors (Lipinski definition) is 5. The summed E-state index contributed by atoms with van der Waals surface area (Å²) in [5, 5.41) is 18.5. The largest absolute Gasteiger partial charge is 0.504 e. The van der Waals surface area contributed by atoms with Crippen molar-refractivity contribution in [3.05, 3.63) is 17.7 Å². The van der Waals surface area contributed by atoms with Crippen LogP contribution in [-0.4, -0.2) is 23.0 Å². The Morgan fingerprint density at radius 2 is 2.24 bits per heavy atom. The summed E-state index contributed by atoms with van der Waals surface area (Å²) >= 11 is 0. The number of carboxylic acid groups (broad SMARTS) is 1. The molecule has 0 bridgehead atoms. The van der Waals surface area contributed by atoms with Crippen LogP contribution in [0.5, 0.6) is 17.2 Å². The summed E-state index contributed by atoms with van der Waals surface area (Å²) in [5.74, 6) is -0.247. The molecule has 1 heterocycles. The number of nitrogens with two attached hydrogens (primary N) is 1. The molecule has 4 N–H and O–H groups in total. The predicted molar refractivity (Wildman–Crippen MR) is 58.0 cm³/mol. The quantitative estimate of drug-likeness (QED) is 0.724. The molecule has 0 aromatic heterocycles. The van der Waals surface area contributed by atoms with E-state index in [-0.39, 0.29) is 31.1 Å². The summed E-state index contributed by atoms with van der Waals surface area (Å²) in [7, 11) is 0. The molecule has 6 nitrogen and oxygen atoms in total. The van der Waals surface area contributed by atoms with Gasteiger partial charge in [-0.1, -0.05) is 0 Å². The van der Waals surface area contributed by atoms with E-state index < -0.39 is 12.0 Å². The highest BCUT2D eigenvalue weighted by Crippen LogP contribution is 2.44. The lowest BCUT2D eigenvalue weighted by Gasteiger charge is -2.13. The zero-order valence-corrected chi connectivity index (χ0v) is 9.05. The maximum absolute atomic E-state index is 10.4. The van der Waals surface area contributed by atoms with E-state index in [0.717, 1.165) is 0 Å². The lowest BCUT2D eigenvalue weighted by molar-refractivity contribution is -0.137. The second kappa shape index (κ2) is 4.50. The number of ether oxygens (including phenoxy) is 2. The summed E-state index contributed by atoms with van der Waals surface area (Å²) in [4.78, 5) is 10.4. The van der Waals surface area contributed by atoms with Gasteiger partial charge in [0.25, 0.3) is 0 Å². The van der Waals surface area contributed by atoms with Crippen LogP contribution in [0.2, 0.25) is 0 Å². The number of carboxylic acids is 1.